The summed E-state index contributed by atoms with van der Waals surface area (Å²) in [6.07, 6.45) is -6.86. The van der Waals surface area contributed by atoms with Crippen LogP contribution in [0.4, 0.5) is 0 Å². The van der Waals surface area contributed by atoms with E-state index in [0.29, 0.717) is 13.0 Å². The van der Waals surface area contributed by atoms with Crippen LogP contribution in [0.5, 0.6) is 0 Å². The van der Waals surface area contributed by atoms with E-state index in [9.17, 15) is 25.5 Å². The quantitative estimate of drug-likeness (QED) is 0.195. The Morgan fingerprint density at radius 2 is 1.52 bits per heavy atom. The molecule has 0 aliphatic carbocycles. The second-order valence-corrected chi connectivity index (χ2v) is 8.20. The monoisotopic (exact) mass is 440 g/mol. The molecule has 172 valence electrons. The van der Waals surface area contributed by atoms with Crippen LogP contribution in [0, 0.1) is 5.92 Å². The van der Waals surface area contributed by atoms with E-state index in [1.54, 1.807) is 6.92 Å². The molecule has 0 amide bonds. The van der Waals surface area contributed by atoms with Gasteiger partial charge in [0.25, 0.3) is 0 Å². The number of aliphatic hydroxyl groups is 5. The molecule has 29 heavy (non-hydrogen) atoms. The fraction of sp³-hybridized carbons (Fsp3) is 1.00. The van der Waals surface area contributed by atoms with Gasteiger partial charge in [-0.1, -0.05) is 20.3 Å². The minimum Gasteiger partial charge on any atom is -0.394 e. The van der Waals surface area contributed by atoms with Gasteiger partial charge < -0.3 is 44.5 Å². The molecule has 0 radical (unpaired) electrons. The molecule has 2 aliphatic heterocycles. The summed E-state index contributed by atoms with van der Waals surface area (Å²) in [4.78, 5) is 0. The van der Waals surface area contributed by atoms with Gasteiger partial charge in [-0.15, -0.1) is 0 Å². The molecule has 10 heteroatoms. The van der Waals surface area contributed by atoms with Crippen LogP contribution in [0.2, 0.25) is 0 Å². The molecular formula is C19H36O9S. The zero-order chi connectivity index (χ0) is 21.6. The van der Waals surface area contributed by atoms with Crippen LogP contribution in [0.15, 0.2) is 0 Å². The van der Waals surface area contributed by atoms with Gasteiger partial charge in [0.05, 0.1) is 18.8 Å². The molecule has 0 aromatic rings. The summed E-state index contributed by atoms with van der Waals surface area (Å²) in [5.41, 5.74) is 0. The first kappa shape index (κ1) is 25.3. The Bertz CT molecular complexity index is 467. The van der Waals surface area contributed by atoms with Crippen LogP contribution in [-0.4, -0.2) is 99.8 Å². The van der Waals surface area contributed by atoms with E-state index in [0.717, 1.165) is 25.0 Å². The van der Waals surface area contributed by atoms with Crippen LogP contribution in [0.3, 0.4) is 0 Å². The molecule has 10 atom stereocenters. The summed E-state index contributed by atoms with van der Waals surface area (Å²) in [6.45, 7) is 3.50. The second-order valence-electron chi connectivity index (χ2n) is 7.75. The van der Waals surface area contributed by atoms with E-state index >= 15 is 0 Å². The van der Waals surface area contributed by atoms with Crippen LogP contribution in [0.1, 0.15) is 39.5 Å². The third-order valence-electron chi connectivity index (χ3n) is 5.66. The number of hydrogen-bond donors (Lipinski definition) is 6. The number of thiol groups is 1. The standard InChI is InChI=1S/C19H36O9S/c1-3-11-10(2)13(21)15(23)19(26-11)28-17-12(9-20)27-18(16(24)14(17)22)25-7-5-4-6-8-29/h10-24,29H,3-9H2,1-2H3/t10-,11?,12?,13?,14?,15-,16-,17-,18+,19-/m0/s1. The number of hydrogen-bond acceptors (Lipinski definition) is 10. The summed E-state index contributed by atoms with van der Waals surface area (Å²) in [5, 5.41) is 51.2. The minimum absolute atomic E-state index is 0.290. The molecule has 2 saturated heterocycles. The van der Waals surface area contributed by atoms with Crippen molar-refractivity contribution in [2.75, 3.05) is 19.0 Å². The normalized spacial score (nSPS) is 43.4. The molecule has 0 spiro atoms. The maximum atomic E-state index is 10.6. The smallest absolute Gasteiger partial charge is 0.186 e. The van der Waals surface area contributed by atoms with Crippen LogP contribution >= 0.6 is 12.6 Å². The summed E-state index contributed by atoms with van der Waals surface area (Å²) in [5.74, 6) is 0.496. The maximum absolute atomic E-state index is 10.6. The number of aliphatic hydroxyl groups excluding tert-OH is 5. The lowest BCUT2D eigenvalue weighted by molar-refractivity contribution is -0.354. The molecule has 2 aliphatic rings. The van der Waals surface area contributed by atoms with E-state index in [1.807, 2.05) is 6.92 Å². The maximum Gasteiger partial charge on any atom is 0.186 e. The molecule has 2 rings (SSSR count). The molecule has 0 bridgehead atoms. The predicted octanol–water partition coefficient (Wildman–Crippen LogP) is -0.580. The van der Waals surface area contributed by atoms with Gasteiger partial charge >= 0.3 is 0 Å². The summed E-state index contributed by atoms with van der Waals surface area (Å²) in [7, 11) is 0. The average molecular weight is 441 g/mol. The first-order valence-electron chi connectivity index (χ1n) is 10.4. The summed E-state index contributed by atoms with van der Waals surface area (Å²) in [6, 6.07) is 0. The Morgan fingerprint density at radius 3 is 2.14 bits per heavy atom. The van der Waals surface area contributed by atoms with Crippen LogP contribution in [0.25, 0.3) is 0 Å². The van der Waals surface area contributed by atoms with Crippen molar-refractivity contribution in [2.24, 2.45) is 5.92 Å². The van der Waals surface area contributed by atoms with Crippen LogP contribution in [-0.2, 0) is 18.9 Å². The van der Waals surface area contributed by atoms with Gasteiger partial charge in [0.1, 0.15) is 30.5 Å². The van der Waals surface area contributed by atoms with E-state index in [4.69, 9.17) is 18.9 Å². The number of rotatable bonds is 10. The highest BCUT2D eigenvalue weighted by Gasteiger charge is 2.49. The first-order chi connectivity index (χ1) is 13.8. The van der Waals surface area contributed by atoms with Crippen LogP contribution < -0.4 is 0 Å². The average Bonchev–Trinajstić information content (AvgIpc) is 2.72. The van der Waals surface area contributed by atoms with Gasteiger partial charge in [-0.25, -0.2) is 0 Å². The Morgan fingerprint density at radius 1 is 0.862 bits per heavy atom. The highest BCUT2D eigenvalue weighted by atomic mass is 32.1. The van der Waals surface area contributed by atoms with Gasteiger partial charge in [-0.05, 0) is 25.0 Å². The Balaban J connectivity index is 1.98. The molecule has 2 fully saturated rings. The van der Waals surface area contributed by atoms with E-state index in [2.05, 4.69) is 12.6 Å². The SMILES string of the molecule is CCC1O[C@@H](O[C@H]2C(CO)O[C@@H](OCCCCCS)[C@@H](O)C2O)[C@@H](O)C(O)[C@H]1C. The van der Waals surface area contributed by atoms with Crippen molar-refractivity contribution in [1.29, 1.82) is 0 Å². The molecule has 0 saturated carbocycles. The molecule has 4 unspecified atom stereocenters. The number of ether oxygens (including phenoxy) is 4. The molecular weight excluding hydrogens is 404 g/mol. The zero-order valence-electron chi connectivity index (χ0n) is 17.0. The fourth-order valence-electron chi connectivity index (χ4n) is 3.75. The lowest BCUT2D eigenvalue weighted by Gasteiger charge is -2.46. The third-order valence-corrected chi connectivity index (χ3v) is 5.98. The van der Waals surface area contributed by atoms with Crippen molar-refractivity contribution in [3.63, 3.8) is 0 Å². The molecule has 0 aromatic carbocycles. The fourth-order valence-corrected chi connectivity index (χ4v) is 3.98. The molecule has 2 heterocycles. The van der Waals surface area contributed by atoms with Gasteiger partial charge in [-0.2, -0.15) is 12.6 Å². The van der Waals surface area contributed by atoms with Gasteiger partial charge in [0, 0.05) is 12.5 Å². The van der Waals surface area contributed by atoms with Gasteiger partial charge in [0.15, 0.2) is 12.6 Å². The van der Waals surface area contributed by atoms with Crippen molar-refractivity contribution in [3.05, 3.63) is 0 Å². The van der Waals surface area contributed by atoms with E-state index in [1.165, 1.54) is 0 Å². The second kappa shape index (κ2) is 12.1. The highest BCUT2D eigenvalue weighted by molar-refractivity contribution is 7.80. The summed E-state index contributed by atoms with van der Waals surface area (Å²) >= 11 is 4.14. The Hall–Kier alpha value is -0.0100. The predicted molar refractivity (Wildman–Crippen MR) is 106 cm³/mol. The van der Waals surface area contributed by atoms with Gasteiger partial charge in [0.2, 0.25) is 0 Å². The van der Waals surface area contributed by atoms with E-state index < -0.39 is 55.8 Å². The zero-order valence-corrected chi connectivity index (χ0v) is 17.9. The van der Waals surface area contributed by atoms with E-state index in [-0.39, 0.29) is 12.0 Å². The first-order valence-corrected chi connectivity index (χ1v) is 11.0. The highest BCUT2D eigenvalue weighted by Crippen LogP contribution is 2.32. The Labute approximate surface area is 177 Å². The van der Waals surface area contributed by atoms with Crippen molar-refractivity contribution in [2.45, 2.75) is 94.8 Å². The van der Waals surface area contributed by atoms with Crippen molar-refractivity contribution >= 4 is 12.6 Å². The molecule has 5 N–H and O–H groups in total. The third kappa shape index (κ3) is 6.25. The lowest BCUT2D eigenvalue weighted by Crippen LogP contribution is -2.63. The Kier molecular flexibility index (Phi) is 10.6. The molecule has 0 aromatic heterocycles. The topological polar surface area (TPSA) is 138 Å². The van der Waals surface area contributed by atoms with Gasteiger partial charge in [-0.3, -0.25) is 0 Å². The van der Waals surface area contributed by atoms with Crippen molar-refractivity contribution < 1.29 is 44.5 Å². The number of unbranched alkanes of at least 4 members (excludes halogenated alkanes) is 2. The lowest BCUT2D eigenvalue weighted by atomic mass is 9.89. The summed E-state index contributed by atoms with van der Waals surface area (Å²) < 4.78 is 22.6. The molecule has 9 nitrogen and oxygen atoms in total. The van der Waals surface area contributed by atoms with Crippen molar-refractivity contribution in [3.8, 4) is 0 Å². The minimum atomic E-state index is -1.43. The van der Waals surface area contributed by atoms with Crippen molar-refractivity contribution in [1.82, 2.24) is 0 Å². The largest absolute Gasteiger partial charge is 0.394 e.